The number of aliphatic hydroxyl groups is 13. The van der Waals surface area contributed by atoms with Crippen molar-refractivity contribution in [3.63, 3.8) is 0 Å². The summed E-state index contributed by atoms with van der Waals surface area (Å²) in [6.07, 6.45) is -13.7. The summed E-state index contributed by atoms with van der Waals surface area (Å²) in [5.41, 5.74) is -1.45. The molecule has 0 amide bonds. The Bertz CT molecular complexity index is 1430. The van der Waals surface area contributed by atoms with E-state index in [1.165, 1.54) is 0 Å². The molecule has 0 radical (unpaired) electrons. The predicted molar refractivity (Wildman–Crippen MR) is 193 cm³/mol. The Morgan fingerprint density at radius 2 is 1.48 bits per heavy atom. The van der Waals surface area contributed by atoms with Crippen LogP contribution in [0.4, 0.5) is 0 Å². The summed E-state index contributed by atoms with van der Waals surface area (Å²) in [7, 11) is 0. The molecule has 3 saturated carbocycles. The van der Waals surface area contributed by atoms with Crippen LogP contribution in [0.1, 0.15) is 85.0 Å². The van der Waals surface area contributed by atoms with Crippen LogP contribution >= 0.6 is 0 Å². The van der Waals surface area contributed by atoms with E-state index in [2.05, 4.69) is 13.5 Å². The minimum Gasteiger partial charge on any atom is -0.506 e. The summed E-state index contributed by atoms with van der Waals surface area (Å²) in [5.74, 6) is -5.20. The smallest absolute Gasteiger partial charge is 0.314 e. The van der Waals surface area contributed by atoms with Gasteiger partial charge in [0.2, 0.25) is 18.3 Å². The highest BCUT2D eigenvalue weighted by Gasteiger charge is 2.65. The van der Waals surface area contributed by atoms with Gasteiger partial charge in [-0.05, 0) is 76.0 Å². The van der Waals surface area contributed by atoms with E-state index in [9.17, 15) is 66.1 Å². The number of rotatable bonds is 16. The van der Waals surface area contributed by atoms with Gasteiger partial charge in [0.15, 0.2) is 17.3 Å². The standard InChI is InChI=1S/C38H62O18/c1-18-6-7-24-36(3)11-5-12-37(4,35(52)56-32(50)28(47)25(44)20(42)9-14-39)23(36)8-13-38(24,16-18)19(2)53-33(51)30(49)31(21(43)10-15-40)55-34-29(48)27(46)26(45)22(17-41)54-34/h19-24,26-27,29,32-34,39-51H,1,5-17H2,2-4H3/b28-25-,31-30-/t19-,20?,21?,22?,23?,24+,26?,27?,29?,32?,33?,34?,36-,37-,38-/m1/s1. The van der Waals surface area contributed by atoms with Crippen molar-refractivity contribution in [3.8, 4) is 0 Å². The topological polar surface area (TPSA) is 317 Å². The highest BCUT2D eigenvalue weighted by atomic mass is 16.7. The van der Waals surface area contributed by atoms with Crippen LogP contribution in [0.25, 0.3) is 0 Å². The molecule has 0 aromatic carbocycles. The average Bonchev–Trinajstić information content (AvgIpc) is 3.15. The number of hydrogen-bond donors (Lipinski definition) is 13. The van der Waals surface area contributed by atoms with E-state index < -0.39 is 133 Å². The van der Waals surface area contributed by atoms with Crippen molar-refractivity contribution in [1.29, 1.82) is 0 Å². The van der Waals surface area contributed by atoms with Gasteiger partial charge in [0, 0.05) is 31.5 Å². The minimum atomic E-state index is -2.28. The summed E-state index contributed by atoms with van der Waals surface area (Å²) in [6.45, 7) is 7.92. The van der Waals surface area contributed by atoms with Gasteiger partial charge in [0.1, 0.15) is 36.6 Å². The summed E-state index contributed by atoms with van der Waals surface area (Å²) in [4.78, 5) is 13.9. The van der Waals surface area contributed by atoms with Gasteiger partial charge in [-0.3, -0.25) is 4.79 Å². The van der Waals surface area contributed by atoms with Crippen molar-refractivity contribution < 1.29 is 90.1 Å². The van der Waals surface area contributed by atoms with Gasteiger partial charge in [-0.1, -0.05) is 25.5 Å². The van der Waals surface area contributed by atoms with Gasteiger partial charge in [-0.15, -0.1) is 0 Å². The second-order valence-corrected chi connectivity index (χ2v) is 16.4. The third kappa shape index (κ3) is 8.86. The first-order valence-electron chi connectivity index (χ1n) is 19.2. The molecule has 1 aliphatic heterocycles. The Labute approximate surface area is 325 Å². The van der Waals surface area contributed by atoms with E-state index in [0.29, 0.717) is 51.4 Å². The molecule has 0 bridgehead atoms. The van der Waals surface area contributed by atoms with Gasteiger partial charge in [0.05, 0.1) is 18.1 Å². The Hall–Kier alpha value is -2.59. The maximum absolute atomic E-state index is 13.9. The molecule has 4 aliphatic rings. The van der Waals surface area contributed by atoms with Crippen LogP contribution in [0.15, 0.2) is 35.2 Å². The van der Waals surface area contributed by atoms with Gasteiger partial charge >= 0.3 is 5.97 Å². The molecule has 15 atom stereocenters. The van der Waals surface area contributed by atoms with E-state index >= 15 is 0 Å². The third-order valence-electron chi connectivity index (χ3n) is 13.1. The highest BCUT2D eigenvalue weighted by molar-refractivity contribution is 5.77. The van der Waals surface area contributed by atoms with Crippen LogP contribution in [0.5, 0.6) is 0 Å². The molecular formula is C38H62O18. The first-order valence-corrected chi connectivity index (χ1v) is 19.2. The van der Waals surface area contributed by atoms with Crippen LogP contribution in [0, 0.1) is 28.1 Å². The first kappa shape index (κ1) is 46.1. The van der Waals surface area contributed by atoms with Crippen molar-refractivity contribution in [3.05, 3.63) is 35.2 Å². The van der Waals surface area contributed by atoms with Crippen LogP contribution in [-0.4, -0.2) is 154 Å². The molecule has 322 valence electrons. The van der Waals surface area contributed by atoms with Gasteiger partial charge in [0.25, 0.3) is 6.29 Å². The summed E-state index contributed by atoms with van der Waals surface area (Å²) < 4.78 is 22.3. The van der Waals surface area contributed by atoms with Crippen molar-refractivity contribution >= 4 is 5.97 Å². The zero-order valence-electron chi connectivity index (χ0n) is 32.2. The number of carbonyl (C=O) groups is 1. The number of fused-ring (bicyclic) bond motifs is 3. The average molecular weight is 807 g/mol. The van der Waals surface area contributed by atoms with Crippen molar-refractivity contribution in [2.45, 2.75) is 147 Å². The molecule has 0 aromatic heterocycles. The Morgan fingerprint density at radius 3 is 2.11 bits per heavy atom. The molecule has 0 spiro atoms. The van der Waals surface area contributed by atoms with Crippen LogP contribution in [0.3, 0.4) is 0 Å². The lowest BCUT2D eigenvalue weighted by atomic mass is 9.39. The molecule has 3 aliphatic carbocycles. The summed E-state index contributed by atoms with van der Waals surface area (Å²) in [5, 5.41) is 133. The van der Waals surface area contributed by atoms with Crippen molar-refractivity contribution in [2.75, 3.05) is 19.8 Å². The molecule has 13 N–H and O–H groups in total. The molecule has 4 rings (SSSR count). The van der Waals surface area contributed by atoms with E-state index in [-0.39, 0.29) is 18.3 Å². The zero-order chi connectivity index (χ0) is 41.9. The third-order valence-corrected chi connectivity index (χ3v) is 13.1. The Kier molecular flexibility index (Phi) is 15.3. The molecular weight excluding hydrogens is 744 g/mol. The summed E-state index contributed by atoms with van der Waals surface area (Å²) >= 11 is 0. The fourth-order valence-corrected chi connectivity index (χ4v) is 10.0. The lowest BCUT2D eigenvalue weighted by Gasteiger charge is -2.65. The van der Waals surface area contributed by atoms with Crippen molar-refractivity contribution in [1.82, 2.24) is 0 Å². The highest BCUT2D eigenvalue weighted by Crippen LogP contribution is 2.69. The number of esters is 1. The van der Waals surface area contributed by atoms with Gasteiger partial charge in [-0.2, -0.15) is 0 Å². The summed E-state index contributed by atoms with van der Waals surface area (Å²) in [6, 6.07) is 0. The second kappa shape index (κ2) is 18.6. The number of carbonyl (C=O) groups excluding carboxylic acids is 1. The second-order valence-electron chi connectivity index (χ2n) is 16.4. The van der Waals surface area contributed by atoms with Gasteiger partial charge in [-0.25, -0.2) is 0 Å². The predicted octanol–water partition coefficient (Wildman–Crippen LogP) is -0.0790. The van der Waals surface area contributed by atoms with Crippen molar-refractivity contribution in [2.24, 2.45) is 28.1 Å². The number of allylic oxidation sites excluding steroid dienone is 1. The normalized spacial score (nSPS) is 38.4. The number of ether oxygens (including phenoxy) is 4. The molecule has 18 nitrogen and oxygen atoms in total. The Morgan fingerprint density at radius 1 is 0.839 bits per heavy atom. The van der Waals surface area contributed by atoms with E-state index in [1.807, 2.05) is 0 Å². The zero-order valence-corrected chi connectivity index (χ0v) is 32.2. The van der Waals surface area contributed by atoms with Crippen LogP contribution in [0.2, 0.25) is 0 Å². The molecule has 1 saturated heterocycles. The van der Waals surface area contributed by atoms with E-state index in [1.54, 1.807) is 13.8 Å². The number of hydrogen-bond acceptors (Lipinski definition) is 18. The minimum absolute atomic E-state index is 0.138. The maximum atomic E-state index is 13.9. The molecule has 4 fully saturated rings. The lowest BCUT2D eigenvalue weighted by Crippen LogP contribution is -2.62. The van der Waals surface area contributed by atoms with Gasteiger partial charge < -0.3 is 85.3 Å². The SMILES string of the molecule is C=C1CC[C@@H]2[C@]([C@@H](C)OC(O)/C(O)=C(/OC3OC(CO)C(O)C(O)C3O)C(O)CCO)(CCC3[C@](C)(C(=O)OC(O)/C(O)=C(/O)C(O)CCO)CCC[C@]32C)C1. The van der Waals surface area contributed by atoms with Crippen LogP contribution in [-0.2, 0) is 23.7 Å². The lowest BCUT2D eigenvalue weighted by molar-refractivity contribution is -0.295. The molecule has 10 unspecified atom stereocenters. The molecule has 18 heteroatoms. The molecule has 0 aromatic rings. The maximum Gasteiger partial charge on any atom is 0.314 e. The fraction of sp³-hybridized carbons (Fsp3) is 0.816. The monoisotopic (exact) mass is 806 g/mol. The largest absolute Gasteiger partial charge is 0.506 e. The number of aliphatic hydroxyl groups excluding tert-OH is 13. The fourth-order valence-electron chi connectivity index (χ4n) is 10.0. The van der Waals surface area contributed by atoms with Crippen LogP contribution < -0.4 is 0 Å². The molecule has 1 heterocycles. The molecule has 56 heavy (non-hydrogen) atoms. The van der Waals surface area contributed by atoms with E-state index in [0.717, 1.165) is 5.57 Å². The first-order chi connectivity index (χ1) is 26.2. The Balaban J connectivity index is 1.61. The van der Waals surface area contributed by atoms with E-state index in [4.69, 9.17) is 24.1 Å². The quantitative estimate of drug-likeness (QED) is 0.0420.